The van der Waals surface area contributed by atoms with Crippen molar-refractivity contribution in [1.82, 2.24) is 4.98 Å². The van der Waals surface area contributed by atoms with Gasteiger partial charge >= 0.3 is 0 Å². The Morgan fingerprint density at radius 3 is 2.00 bits per heavy atom. The predicted octanol–water partition coefficient (Wildman–Crippen LogP) is 4.04. The summed E-state index contributed by atoms with van der Waals surface area (Å²) in [5.41, 5.74) is -0.615. The van der Waals surface area contributed by atoms with Crippen molar-refractivity contribution in [2.45, 2.75) is 45.6 Å². The summed E-state index contributed by atoms with van der Waals surface area (Å²) in [6.45, 7) is 4.14. The molecule has 1 heterocycles. The number of rotatable bonds is 4. The monoisotopic (exact) mass is 290 g/mol. The third-order valence-corrected chi connectivity index (χ3v) is 3.59. The van der Waals surface area contributed by atoms with Crippen molar-refractivity contribution in [3.05, 3.63) is 23.5 Å². The van der Waals surface area contributed by atoms with Crippen LogP contribution in [0.3, 0.4) is 0 Å². The molecule has 1 aromatic heterocycles. The summed E-state index contributed by atoms with van der Waals surface area (Å²) in [6, 6.07) is -0.0809. The first kappa shape index (κ1) is 15.1. The molecule has 20 heavy (non-hydrogen) atoms. The number of hydrogen-bond donors (Lipinski definition) is 0. The summed E-state index contributed by atoms with van der Waals surface area (Å²) < 4.78 is 54.4. The zero-order valence-electron chi connectivity index (χ0n) is 11.6. The second kappa shape index (κ2) is 5.97. The third kappa shape index (κ3) is 2.88. The molecule has 0 aromatic carbocycles. The van der Waals surface area contributed by atoms with Gasteiger partial charge in [-0.2, -0.15) is 22.5 Å². The molecule has 0 amide bonds. The van der Waals surface area contributed by atoms with Crippen LogP contribution in [0.25, 0.3) is 0 Å². The van der Waals surface area contributed by atoms with Crippen LogP contribution in [0.4, 0.5) is 23.2 Å². The zero-order chi connectivity index (χ0) is 14.9. The molecule has 1 aliphatic rings. The first-order valence-corrected chi connectivity index (χ1v) is 6.88. The summed E-state index contributed by atoms with van der Waals surface area (Å²) in [5, 5.41) is 0. The van der Waals surface area contributed by atoms with Gasteiger partial charge < -0.3 is 4.90 Å². The Balaban J connectivity index is 2.47. The SMILES string of the molecule is CC(C)CN(c1c(F)c(F)nc(F)c1F)C1CCCC1. The number of hydrogen-bond acceptors (Lipinski definition) is 2. The summed E-state index contributed by atoms with van der Waals surface area (Å²) in [6.07, 6.45) is 3.46. The fourth-order valence-corrected chi connectivity index (χ4v) is 2.76. The van der Waals surface area contributed by atoms with E-state index >= 15 is 0 Å². The van der Waals surface area contributed by atoms with Crippen LogP contribution < -0.4 is 4.90 Å². The number of pyridine rings is 1. The first-order chi connectivity index (χ1) is 9.41. The Morgan fingerprint density at radius 1 is 1.05 bits per heavy atom. The zero-order valence-corrected chi connectivity index (χ0v) is 11.6. The molecule has 0 radical (unpaired) electrons. The van der Waals surface area contributed by atoms with Gasteiger partial charge in [0.2, 0.25) is 11.6 Å². The molecule has 2 rings (SSSR count). The number of nitrogens with zero attached hydrogens (tertiary/aromatic N) is 2. The molecule has 1 aliphatic carbocycles. The summed E-state index contributed by atoms with van der Waals surface area (Å²) in [5.74, 6) is -5.88. The average molecular weight is 290 g/mol. The highest BCUT2D eigenvalue weighted by Crippen LogP contribution is 2.33. The maximum absolute atomic E-state index is 13.9. The summed E-state index contributed by atoms with van der Waals surface area (Å²) in [4.78, 5) is 4.08. The third-order valence-electron chi connectivity index (χ3n) is 3.59. The van der Waals surface area contributed by atoms with Crippen molar-refractivity contribution in [1.29, 1.82) is 0 Å². The Labute approximate surface area is 115 Å². The van der Waals surface area contributed by atoms with Gasteiger partial charge in [0, 0.05) is 12.6 Å². The minimum Gasteiger partial charge on any atom is -0.363 e. The fourth-order valence-electron chi connectivity index (χ4n) is 2.76. The summed E-state index contributed by atoms with van der Waals surface area (Å²) >= 11 is 0. The Hall–Kier alpha value is -1.33. The molecular formula is C14H18F4N2. The van der Waals surface area contributed by atoms with Crippen LogP contribution in [0.5, 0.6) is 0 Å². The van der Waals surface area contributed by atoms with E-state index in [9.17, 15) is 17.6 Å². The molecule has 0 aliphatic heterocycles. The molecule has 0 N–H and O–H groups in total. The number of halogens is 4. The molecule has 2 nitrogen and oxygen atoms in total. The van der Waals surface area contributed by atoms with Gasteiger partial charge in [0.1, 0.15) is 5.69 Å². The van der Waals surface area contributed by atoms with Crippen LogP contribution in [0.2, 0.25) is 0 Å². The normalized spacial score (nSPS) is 16.1. The molecule has 0 saturated heterocycles. The van der Waals surface area contributed by atoms with Crippen LogP contribution in [0.15, 0.2) is 0 Å². The Morgan fingerprint density at radius 2 is 1.55 bits per heavy atom. The van der Waals surface area contributed by atoms with Crippen molar-refractivity contribution < 1.29 is 17.6 Å². The highest BCUT2D eigenvalue weighted by molar-refractivity contribution is 5.49. The highest BCUT2D eigenvalue weighted by Gasteiger charge is 2.31. The molecule has 6 heteroatoms. The van der Waals surface area contributed by atoms with E-state index in [2.05, 4.69) is 4.98 Å². The van der Waals surface area contributed by atoms with E-state index in [1.54, 1.807) is 0 Å². The van der Waals surface area contributed by atoms with Gasteiger partial charge in [-0.1, -0.05) is 26.7 Å². The van der Waals surface area contributed by atoms with E-state index in [1.165, 1.54) is 4.90 Å². The van der Waals surface area contributed by atoms with Crippen molar-refractivity contribution in [2.24, 2.45) is 5.92 Å². The molecule has 1 fully saturated rings. The van der Waals surface area contributed by atoms with Gasteiger partial charge in [-0.25, -0.2) is 0 Å². The second-order valence-electron chi connectivity index (χ2n) is 5.65. The van der Waals surface area contributed by atoms with E-state index in [0.29, 0.717) is 6.54 Å². The molecule has 0 atom stereocenters. The smallest absolute Gasteiger partial charge is 0.253 e. The largest absolute Gasteiger partial charge is 0.363 e. The van der Waals surface area contributed by atoms with Crippen LogP contribution >= 0.6 is 0 Å². The number of aromatic nitrogens is 1. The predicted molar refractivity (Wildman–Crippen MR) is 68.5 cm³/mol. The topological polar surface area (TPSA) is 16.1 Å². The van der Waals surface area contributed by atoms with E-state index in [1.807, 2.05) is 13.8 Å². The van der Waals surface area contributed by atoms with E-state index < -0.39 is 29.2 Å². The first-order valence-electron chi connectivity index (χ1n) is 6.88. The molecular weight excluding hydrogens is 272 g/mol. The lowest BCUT2D eigenvalue weighted by molar-refractivity contribution is 0.398. The molecule has 0 unspecified atom stereocenters. The van der Waals surface area contributed by atoms with Gasteiger partial charge in [-0.3, -0.25) is 0 Å². The lowest BCUT2D eigenvalue weighted by Crippen LogP contribution is -2.38. The molecule has 1 saturated carbocycles. The quantitative estimate of drug-likeness (QED) is 0.614. The molecule has 0 bridgehead atoms. The minimum absolute atomic E-state index is 0.0809. The second-order valence-corrected chi connectivity index (χ2v) is 5.65. The maximum Gasteiger partial charge on any atom is 0.253 e. The van der Waals surface area contributed by atoms with E-state index in [0.717, 1.165) is 25.7 Å². The van der Waals surface area contributed by atoms with Crippen LogP contribution in [-0.2, 0) is 0 Å². The minimum atomic E-state index is -1.59. The van der Waals surface area contributed by atoms with Gasteiger partial charge in [0.05, 0.1) is 0 Å². The van der Waals surface area contributed by atoms with Crippen molar-refractivity contribution in [3.8, 4) is 0 Å². The fraction of sp³-hybridized carbons (Fsp3) is 0.643. The molecule has 1 aromatic rings. The lowest BCUT2D eigenvalue weighted by atomic mass is 10.1. The Bertz CT molecular complexity index is 458. The maximum atomic E-state index is 13.9. The average Bonchev–Trinajstić information content (AvgIpc) is 2.88. The van der Waals surface area contributed by atoms with Gasteiger partial charge in [0.15, 0.2) is 0 Å². The van der Waals surface area contributed by atoms with E-state index in [-0.39, 0.29) is 12.0 Å². The van der Waals surface area contributed by atoms with Gasteiger partial charge in [-0.05, 0) is 18.8 Å². The van der Waals surface area contributed by atoms with Crippen LogP contribution in [0, 0.1) is 29.4 Å². The lowest BCUT2D eigenvalue weighted by Gasteiger charge is -2.33. The van der Waals surface area contributed by atoms with Crippen molar-refractivity contribution >= 4 is 5.69 Å². The molecule has 112 valence electrons. The van der Waals surface area contributed by atoms with E-state index in [4.69, 9.17) is 0 Å². The Kier molecular flexibility index (Phi) is 4.50. The summed E-state index contributed by atoms with van der Waals surface area (Å²) in [7, 11) is 0. The highest BCUT2D eigenvalue weighted by atomic mass is 19.2. The van der Waals surface area contributed by atoms with Crippen LogP contribution in [0.1, 0.15) is 39.5 Å². The standard InChI is InChI=1S/C14H18F4N2/c1-8(2)7-20(9-5-3-4-6-9)12-10(15)13(17)19-14(18)11(12)16/h8-9H,3-7H2,1-2H3. The van der Waals surface area contributed by atoms with Crippen molar-refractivity contribution in [3.63, 3.8) is 0 Å². The van der Waals surface area contributed by atoms with Gasteiger partial charge in [0.25, 0.3) is 11.9 Å². The van der Waals surface area contributed by atoms with Crippen molar-refractivity contribution in [2.75, 3.05) is 11.4 Å². The molecule has 0 spiro atoms. The van der Waals surface area contributed by atoms with Gasteiger partial charge in [-0.15, -0.1) is 0 Å². The number of anilines is 1. The van der Waals surface area contributed by atoms with Crippen LogP contribution in [-0.4, -0.2) is 17.6 Å².